The van der Waals surface area contributed by atoms with Gasteiger partial charge in [-0.25, -0.2) is 8.78 Å². The Bertz CT molecular complexity index is 942. The molecule has 3 unspecified atom stereocenters. The van der Waals surface area contributed by atoms with Crippen molar-refractivity contribution in [2.24, 2.45) is 0 Å². The maximum Gasteiger partial charge on any atom is 0.262 e. The van der Waals surface area contributed by atoms with Crippen molar-refractivity contribution in [2.75, 3.05) is 19.6 Å². The van der Waals surface area contributed by atoms with E-state index in [1.54, 1.807) is 12.1 Å². The number of phenolic OH excluding ortho intramolecular Hbond substituents is 1. The van der Waals surface area contributed by atoms with Crippen LogP contribution in [0.15, 0.2) is 48.5 Å². The van der Waals surface area contributed by atoms with E-state index < -0.39 is 43.0 Å². The number of likely N-dealkylation sites (tertiary alicyclic amines) is 1. The molecule has 1 saturated heterocycles. The molecule has 1 fully saturated rings. The molecule has 0 bridgehead atoms. The second-order valence-corrected chi connectivity index (χ2v) is 9.10. The summed E-state index contributed by atoms with van der Waals surface area (Å²) in [5, 5.41) is 27.2. The van der Waals surface area contributed by atoms with Crippen molar-refractivity contribution in [1.82, 2.24) is 15.5 Å². The second kappa shape index (κ2) is 11.7. The highest BCUT2D eigenvalue weighted by Crippen LogP contribution is 2.32. The maximum absolute atomic E-state index is 14.2. The zero-order valence-electron chi connectivity index (χ0n) is 19.8. The summed E-state index contributed by atoms with van der Waals surface area (Å²) in [7, 11) is 0. The fraction of sp³-hybridized carbons (Fsp3) is 0.500. The molecular formula is C26H35F2N3O3. The monoisotopic (exact) mass is 475 g/mol. The van der Waals surface area contributed by atoms with Crippen molar-refractivity contribution >= 4 is 5.91 Å². The Hall–Kier alpha value is -2.55. The molecule has 2 aromatic carbocycles. The fourth-order valence-electron chi connectivity index (χ4n) is 4.38. The lowest BCUT2D eigenvalue weighted by atomic mass is 9.99. The quantitative estimate of drug-likeness (QED) is 0.402. The summed E-state index contributed by atoms with van der Waals surface area (Å²) in [6.45, 7) is 3.94. The molecule has 0 aliphatic carbocycles. The second-order valence-electron chi connectivity index (χ2n) is 9.10. The molecule has 186 valence electrons. The van der Waals surface area contributed by atoms with E-state index in [4.69, 9.17) is 0 Å². The Morgan fingerprint density at radius 3 is 2.65 bits per heavy atom. The molecule has 0 aromatic heterocycles. The molecule has 0 radical (unpaired) electrons. The molecule has 1 aliphatic rings. The van der Waals surface area contributed by atoms with Gasteiger partial charge in [0.2, 0.25) is 5.91 Å². The van der Waals surface area contributed by atoms with Crippen molar-refractivity contribution < 1.29 is 23.8 Å². The van der Waals surface area contributed by atoms with Gasteiger partial charge in [-0.15, -0.1) is 0 Å². The highest BCUT2D eigenvalue weighted by molar-refractivity contribution is 5.82. The lowest BCUT2D eigenvalue weighted by molar-refractivity contribution is -0.126. The first-order valence-corrected chi connectivity index (χ1v) is 11.8. The summed E-state index contributed by atoms with van der Waals surface area (Å²) < 4.78 is 28.5. The van der Waals surface area contributed by atoms with Crippen LogP contribution in [-0.2, 0) is 17.8 Å². The number of benzene rings is 2. The van der Waals surface area contributed by atoms with Gasteiger partial charge in [0, 0.05) is 32.1 Å². The SMILES string of the molecule is CCCNC(=O)C1CC(F)(F)CN1CC(O)C(Cc1ccccc1)NCc1cccc(O)c1C. The molecule has 2 aromatic rings. The lowest BCUT2D eigenvalue weighted by Gasteiger charge is -2.30. The summed E-state index contributed by atoms with van der Waals surface area (Å²) in [5.41, 5.74) is 2.63. The largest absolute Gasteiger partial charge is 0.508 e. The van der Waals surface area contributed by atoms with Gasteiger partial charge in [0.25, 0.3) is 5.92 Å². The third-order valence-electron chi connectivity index (χ3n) is 6.38. The molecule has 8 heteroatoms. The van der Waals surface area contributed by atoms with Gasteiger partial charge in [-0.05, 0) is 42.5 Å². The zero-order valence-corrected chi connectivity index (χ0v) is 19.8. The van der Waals surface area contributed by atoms with Crippen LogP contribution in [0, 0.1) is 6.92 Å². The molecule has 1 amide bonds. The molecule has 0 saturated carbocycles. The van der Waals surface area contributed by atoms with Gasteiger partial charge in [-0.1, -0.05) is 49.4 Å². The number of nitrogens with zero attached hydrogens (tertiary/aromatic N) is 1. The first kappa shape index (κ1) is 26.1. The van der Waals surface area contributed by atoms with E-state index in [0.717, 1.165) is 23.1 Å². The van der Waals surface area contributed by atoms with Gasteiger partial charge in [-0.3, -0.25) is 9.69 Å². The van der Waals surface area contributed by atoms with Gasteiger partial charge in [0.1, 0.15) is 5.75 Å². The van der Waals surface area contributed by atoms with E-state index in [-0.39, 0.29) is 12.3 Å². The Kier molecular flexibility index (Phi) is 8.99. The summed E-state index contributed by atoms with van der Waals surface area (Å²) >= 11 is 0. The molecule has 1 aliphatic heterocycles. The topological polar surface area (TPSA) is 84.8 Å². The number of aromatic hydroxyl groups is 1. The molecule has 3 atom stereocenters. The first-order chi connectivity index (χ1) is 16.2. The van der Waals surface area contributed by atoms with Crippen molar-refractivity contribution in [2.45, 2.75) is 63.8 Å². The number of carbonyl (C=O) groups excluding carboxylic acids is 1. The number of aliphatic hydroxyl groups is 1. The number of alkyl halides is 2. The summed E-state index contributed by atoms with van der Waals surface area (Å²) in [5.74, 6) is -3.21. The van der Waals surface area contributed by atoms with E-state index in [1.807, 2.05) is 50.2 Å². The average Bonchev–Trinajstić information content (AvgIpc) is 3.12. The van der Waals surface area contributed by atoms with Gasteiger partial charge in [-0.2, -0.15) is 0 Å². The summed E-state index contributed by atoms with van der Waals surface area (Å²) in [6.07, 6.45) is -0.339. The van der Waals surface area contributed by atoms with Crippen molar-refractivity contribution in [1.29, 1.82) is 0 Å². The highest BCUT2D eigenvalue weighted by atomic mass is 19.3. The van der Waals surface area contributed by atoms with E-state index in [9.17, 15) is 23.8 Å². The highest BCUT2D eigenvalue weighted by Gasteiger charge is 2.48. The molecule has 3 rings (SSSR count). The predicted molar refractivity (Wildman–Crippen MR) is 128 cm³/mol. The molecule has 0 spiro atoms. The number of hydrogen-bond donors (Lipinski definition) is 4. The number of rotatable bonds is 11. The van der Waals surface area contributed by atoms with Crippen LogP contribution in [0.4, 0.5) is 8.78 Å². The smallest absolute Gasteiger partial charge is 0.262 e. The normalized spacial score (nSPS) is 19.6. The van der Waals surface area contributed by atoms with Crippen LogP contribution in [-0.4, -0.2) is 64.8 Å². The average molecular weight is 476 g/mol. The van der Waals surface area contributed by atoms with Crippen LogP contribution in [0.1, 0.15) is 36.5 Å². The van der Waals surface area contributed by atoms with Gasteiger partial charge < -0.3 is 20.8 Å². The minimum Gasteiger partial charge on any atom is -0.508 e. The van der Waals surface area contributed by atoms with Crippen LogP contribution in [0.3, 0.4) is 0 Å². The Labute approximate surface area is 200 Å². The number of amides is 1. The number of hydrogen-bond acceptors (Lipinski definition) is 5. The number of halogens is 2. The van der Waals surface area contributed by atoms with Gasteiger partial charge in [0.05, 0.1) is 18.7 Å². The van der Waals surface area contributed by atoms with E-state index in [2.05, 4.69) is 10.6 Å². The van der Waals surface area contributed by atoms with Crippen molar-refractivity contribution in [3.63, 3.8) is 0 Å². The third kappa shape index (κ3) is 6.98. The molecule has 34 heavy (non-hydrogen) atoms. The fourth-order valence-corrected chi connectivity index (χ4v) is 4.38. The summed E-state index contributed by atoms with van der Waals surface area (Å²) in [4.78, 5) is 13.9. The minimum atomic E-state index is -2.98. The van der Waals surface area contributed by atoms with Gasteiger partial charge >= 0.3 is 0 Å². The summed E-state index contributed by atoms with van der Waals surface area (Å²) in [6, 6.07) is 13.5. The number of carbonyl (C=O) groups is 1. The molecular weight excluding hydrogens is 440 g/mol. The first-order valence-electron chi connectivity index (χ1n) is 11.8. The Balaban J connectivity index is 1.74. The molecule has 1 heterocycles. The minimum absolute atomic E-state index is 0.0523. The molecule has 4 N–H and O–H groups in total. The van der Waals surface area contributed by atoms with Crippen LogP contribution in [0.25, 0.3) is 0 Å². The van der Waals surface area contributed by atoms with E-state index in [0.29, 0.717) is 19.5 Å². The van der Waals surface area contributed by atoms with E-state index in [1.165, 1.54) is 4.90 Å². The van der Waals surface area contributed by atoms with Crippen molar-refractivity contribution in [3.8, 4) is 5.75 Å². The van der Waals surface area contributed by atoms with Crippen molar-refractivity contribution in [3.05, 3.63) is 65.2 Å². The number of aliphatic hydroxyl groups excluding tert-OH is 1. The standard InChI is InChI=1S/C26H35F2N3O3/c1-3-12-29-25(34)22-14-26(27,28)17-31(22)16-24(33)21(13-19-8-5-4-6-9-19)30-15-20-10-7-11-23(32)18(20)2/h4-11,21-22,24,30,32-33H,3,12-17H2,1-2H3,(H,29,34). The predicted octanol–water partition coefficient (Wildman–Crippen LogP) is 3.00. The molecule has 6 nitrogen and oxygen atoms in total. The third-order valence-corrected chi connectivity index (χ3v) is 6.38. The maximum atomic E-state index is 14.2. The van der Waals surface area contributed by atoms with E-state index >= 15 is 0 Å². The number of β-amino-alcohol motifs (C(OH)–C–C–N with tert-alkyl or cyclic N) is 1. The van der Waals surface area contributed by atoms with Crippen LogP contribution >= 0.6 is 0 Å². The number of phenols is 1. The van der Waals surface area contributed by atoms with Gasteiger partial charge in [0.15, 0.2) is 0 Å². The lowest BCUT2D eigenvalue weighted by Crippen LogP contribution is -2.51. The Morgan fingerprint density at radius 2 is 1.94 bits per heavy atom. The zero-order chi connectivity index (χ0) is 24.7. The number of nitrogens with one attached hydrogen (secondary N) is 2. The van der Waals surface area contributed by atoms with Crippen LogP contribution < -0.4 is 10.6 Å². The van der Waals surface area contributed by atoms with Crippen LogP contribution in [0.5, 0.6) is 5.75 Å². The van der Waals surface area contributed by atoms with Crippen LogP contribution in [0.2, 0.25) is 0 Å². The Morgan fingerprint density at radius 1 is 1.21 bits per heavy atom.